The van der Waals surface area contributed by atoms with E-state index in [1.165, 1.54) is 14.2 Å². The van der Waals surface area contributed by atoms with Crippen molar-refractivity contribution in [1.29, 1.82) is 0 Å². The summed E-state index contributed by atoms with van der Waals surface area (Å²) in [5.41, 5.74) is 1.54. The normalized spacial score (nSPS) is 12.4. The van der Waals surface area contributed by atoms with Gasteiger partial charge in [0.15, 0.2) is 23.0 Å². The van der Waals surface area contributed by atoms with E-state index in [1.54, 1.807) is 49.5 Å². The zero-order chi connectivity index (χ0) is 25.3. The van der Waals surface area contributed by atoms with Gasteiger partial charge in [-0.25, -0.2) is 0 Å². The Bertz CT molecular complexity index is 972. The summed E-state index contributed by atoms with van der Waals surface area (Å²) >= 11 is 0. The fraction of sp³-hybridized carbons (Fsp3) is 0.462. The molecule has 0 aromatic heterocycles. The number of benzene rings is 2. The minimum Gasteiger partial charge on any atom is -0.493 e. The van der Waals surface area contributed by atoms with Crippen molar-refractivity contribution >= 4 is 11.9 Å². The molecule has 8 heteroatoms. The largest absolute Gasteiger partial charge is 0.493 e. The minimum absolute atomic E-state index is 0.167. The number of nitrogens with zero attached hydrogens (tertiary/aromatic N) is 1. The van der Waals surface area contributed by atoms with E-state index < -0.39 is 17.8 Å². The van der Waals surface area contributed by atoms with Crippen molar-refractivity contribution < 1.29 is 33.6 Å². The molecular formula is C26H35NO7. The van der Waals surface area contributed by atoms with Crippen molar-refractivity contribution in [2.45, 2.75) is 26.7 Å². The van der Waals surface area contributed by atoms with Crippen LogP contribution < -0.4 is 18.9 Å². The lowest BCUT2D eigenvalue weighted by Crippen LogP contribution is -2.42. The number of methoxy groups -OCH3 is 4. The molecule has 0 radical (unpaired) electrons. The Labute approximate surface area is 201 Å². The first-order chi connectivity index (χ1) is 16.3. The van der Waals surface area contributed by atoms with Crippen LogP contribution in [0.25, 0.3) is 0 Å². The molecule has 0 saturated carbocycles. The number of carboxylic acid groups (broad SMARTS) is 1. The Kier molecular flexibility index (Phi) is 10.0. The number of carbonyl (C=O) groups is 2. The number of carboxylic acids is 1. The van der Waals surface area contributed by atoms with Gasteiger partial charge in [-0.05, 0) is 62.1 Å². The highest BCUT2D eigenvalue weighted by atomic mass is 16.5. The maximum atomic E-state index is 13.5. The summed E-state index contributed by atoms with van der Waals surface area (Å²) in [6.45, 7) is 4.78. The lowest BCUT2D eigenvalue weighted by Gasteiger charge is -2.29. The van der Waals surface area contributed by atoms with Gasteiger partial charge in [0.2, 0.25) is 5.91 Å². The second-order valence-corrected chi connectivity index (χ2v) is 7.85. The predicted octanol–water partition coefficient (Wildman–Crippen LogP) is 3.69. The van der Waals surface area contributed by atoms with Gasteiger partial charge in [-0.15, -0.1) is 0 Å². The van der Waals surface area contributed by atoms with E-state index in [9.17, 15) is 14.7 Å². The highest BCUT2D eigenvalue weighted by Crippen LogP contribution is 2.33. The average molecular weight is 474 g/mol. The van der Waals surface area contributed by atoms with Crippen LogP contribution in [-0.4, -0.2) is 63.4 Å². The SMILES string of the molecule is CCN(CC)C(=O)C(Cc1ccc(OC)c(OC)c1)C(Cc1ccc(OC)c(OC)c1)C(=O)O. The molecule has 0 bridgehead atoms. The van der Waals surface area contributed by atoms with Gasteiger partial charge in [0, 0.05) is 13.1 Å². The van der Waals surface area contributed by atoms with E-state index in [0.29, 0.717) is 36.1 Å². The Hall–Kier alpha value is -3.42. The standard InChI is InChI=1S/C26H35NO7/c1-7-27(8-2)25(28)19(13-17-9-11-21(31-3)23(15-17)33-5)20(26(29)30)14-18-10-12-22(32-4)24(16-18)34-6/h9-12,15-16,19-20H,7-8,13-14H2,1-6H3,(H,29,30). The summed E-state index contributed by atoms with van der Waals surface area (Å²) in [7, 11) is 6.16. The van der Waals surface area contributed by atoms with Crippen molar-refractivity contribution in [1.82, 2.24) is 4.90 Å². The lowest BCUT2D eigenvalue weighted by atomic mass is 9.81. The number of amides is 1. The molecule has 8 nitrogen and oxygen atoms in total. The Morgan fingerprint density at radius 2 is 1.15 bits per heavy atom. The zero-order valence-corrected chi connectivity index (χ0v) is 20.8. The fourth-order valence-electron chi connectivity index (χ4n) is 4.10. The molecule has 2 rings (SSSR count). The molecule has 1 N–H and O–H groups in total. The van der Waals surface area contributed by atoms with E-state index >= 15 is 0 Å². The lowest BCUT2D eigenvalue weighted by molar-refractivity contribution is -0.150. The van der Waals surface area contributed by atoms with Crippen LogP contribution in [0.3, 0.4) is 0 Å². The maximum Gasteiger partial charge on any atom is 0.307 e. The second kappa shape index (κ2) is 12.7. The predicted molar refractivity (Wildman–Crippen MR) is 129 cm³/mol. The molecule has 0 heterocycles. The van der Waals surface area contributed by atoms with Crippen LogP contribution in [0.4, 0.5) is 0 Å². The van der Waals surface area contributed by atoms with Crippen LogP contribution in [-0.2, 0) is 22.4 Å². The molecule has 34 heavy (non-hydrogen) atoms. The van der Waals surface area contributed by atoms with E-state index in [4.69, 9.17) is 18.9 Å². The zero-order valence-electron chi connectivity index (χ0n) is 20.8. The molecule has 0 aliphatic carbocycles. The van der Waals surface area contributed by atoms with Crippen LogP contribution in [0.1, 0.15) is 25.0 Å². The quantitative estimate of drug-likeness (QED) is 0.474. The molecule has 0 saturated heterocycles. The third-order valence-corrected chi connectivity index (χ3v) is 6.00. The first-order valence-electron chi connectivity index (χ1n) is 11.3. The van der Waals surface area contributed by atoms with Gasteiger partial charge in [-0.2, -0.15) is 0 Å². The topological polar surface area (TPSA) is 94.5 Å². The third kappa shape index (κ3) is 6.34. The van der Waals surface area contributed by atoms with E-state index in [1.807, 2.05) is 19.9 Å². The highest BCUT2D eigenvalue weighted by Gasteiger charge is 2.36. The van der Waals surface area contributed by atoms with Gasteiger partial charge in [-0.1, -0.05) is 12.1 Å². The fourth-order valence-corrected chi connectivity index (χ4v) is 4.10. The second-order valence-electron chi connectivity index (χ2n) is 7.85. The van der Waals surface area contributed by atoms with Crippen LogP contribution >= 0.6 is 0 Å². The van der Waals surface area contributed by atoms with Crippen molar-refractivity contribution in [3.8, 4) is 23.0 Å². The van der Waals surface area contributed by atoms with Crippen molar-refractivity contribution in [2.75, 3.05) is 41.5 Å². The van der Waals surface area contributed by atoms with Crippen LogP contribution in [0, 0.1) is 11.8 Å². The molecule has 2 atom stereocenters. The number of hydrogen-bond acceptors (Lipinski definition) is 6. The summed E-state index contributed by atoms with van der Waals surface area (Å²) < 4.78 is 21.4. The minimum atomic E-state index is -1.03. The summed E-state index contributed by atoms with van der Waals surface area (Å²) in [5, 5.41) is 10.2. The number of ether oxygens (including phenoxy) is 4. The maximum absolute atomic E-state index is 13.5. The molecule has 186 valence electrons. The molecule has 0 spiro atoms. The molecule has 2 aromatic carbocycles. The summed E-state index contributed by atoms with van der Waals surface area (Å²) in [4.78, 5) is 27.7. The van der Waals surface area contributed by atoms with Crippen LogP contribution in [0.2, 0.25) is 0 Å². The highest BCUT2D eigenvalue weighted by molar-refractivity contribution is 5.85. The Morgan fingerprint density at radius 1 is 0.735 bits per heavy atom. The molecule has 0 aliphatic rings. The first-order valence-corrected chi connectivity index (χ1v) is 11.3. The van der Waals surface area contributed by atoms with Gasteiger partial charge >= 0.3 is 5.97 Å². The summed E-state index contributed by atoms with van der Waals surface area (Å²) in [5.74, 6) is -0.773. The molecule has 2 unspecified atom stereocenters. The van der Waals surface area contributed by atoms with Gasteiger partial charge in [-0.3, -0.25) is 9.59 Å². The molecule has 0 fully saturated rings. The monoisotopic (exact) mass is 473 g/mol. The van der Waals surface area contributed by atoms with Crippen LogP contribution in [0.15, 0.2) is 36.4 Å². The number of hydrogen-bond donors (Lipinski definition) is 1. The first kappa shape index (κ1) is 26.8. The molecular weight excluding hydrogens is 438 g/mol. The number of carbonyl (C=O) groups excluding carboxylic acids is 1. The van der Waals surface area contributed by atoms with Crippen molar-refractivity contribution in [3.05, 3.63) is 47.5 Å². The van der Waals surface area contributed by atoms with Gasteiger partial charge in [0.05, 0.1) is 40.3 Å². The Morgan fingerprint density at radius 3 is 1.50 bits per heavy atom. The smallest absolute Gasteiger partial charge is 0.307 e. The Balaban J connectivity index is 2.47. The third-order valence-electron chi connectivity index (χ3n) is 6.00. The summed E-state index contributed by atoms with van der Waals surface area (Å²) in [6.07, 6.45) is 0.417. The molecule has 1 amide bonds. The van der Waals surface area contributed by atoms with Crippen LogP contribution in [0.5, 0.6) is 23.0 Å². The van der Waals surface area contributed by atoms with Gasteiger partial charge < -0.3 is 29.0 Å². The molecule has 0 aliphatic heterocycles. The van der Waals surface area contributed by atoms with Gasteiger partial charge in [0.25, 0.3) is 0 Å². The van der Waals surface area contributed by atoms with E-state index in [2.05, 4.69) is 0 Å². The number of aliphatic carboxylic acids is 1. The number of rotatable bonds is 13. The van der Waals surface area contributed by atoms with Crippen molar-refractivity contribution in [3.63, 3.8) is 0 Å². The molecule has 2 aromatic rings. The van der Waals surface area contributed by atoms with Gasteiger partial charge in [0.1, 0.15) is 0 Å². The van der Waals surface area contributed by atoms with Crippen molar-refractivity contribution in [2.24, 2.45) is 11.8 Å². The average Bonchev–Trinajstić information content (AvgIpc) is 2.86. The van der Waals surface area contributed by atoms with E-state index in [0.717, 1.165) is 11.1 Å². The summed E-state index contributed by atoms with van der Waals surface area (Å²) in [6, 6.07) is 10.7. The van der Waals surface area contributed by atoms with E-state index in [-0.39, 0.29) is 18.7 Å².